The monoisotopic (exact) mass is 278 g/mol. The van der Waals surface area contributed by atoms with E-state index in [0.29, 0.717) is 12.0 Å². The van der Waals surface area contributed by atoms with Crippen molar-refractivity contribution in [1.82, 2.24) is 10.3 Å². The van der Waals surface area contributed by atoms with Gasteiger partial charge in [-0.25, -0.2) is 0 Å². The molecule has 3 heteroatoms. The van der Waals surface area contributed by atoms with Gasteiger partial charge in [0.15, 0.2) is 0 Å². The van der Waals surface area contributed by atoms with Crippen LogP contribution in [0, 0.1) is 5.92 Å². The maximum absolute atomic E-state index is 5.76. The molecule has 0 aliphatic heterocycles. The molecule has 1 aromatic rings. The van der Waals surface area contributed by atoms with Gasteiger partial charge in [-0.1, -0.05) is 27.2 Å². The van der Waals surface area contributed by atoms with E-state index in [0.717, 1.165) is 18.7 Å². The van der Waals surface area contributed by atoms with E-state index in [-0.39, 0.29) is 6.10 Å². The SMILES string of the molecule is CCCNC(c1cncc(OC(C)C)c1)C(C)CCC. The molecule has 0 saturated carbocycles. The first-order valence-corrected chi connectivity index (χ1v) is 7.93. The maximum Gasteiger partial charge on any atom is 0.138 e. The molecular formula is C17H30N2O. The molecule has 0 aliphatic rings. The van der Waals surface area contributed by atoms with Crippen molar-refractivity contribution in [1.29, 1.82) is 0 Å². The molecular weight excluding hydrogens is 248 g/mol. The summed E-state index contributed by atoms with van der Waals surface area (Å²) in [5.41, 5.74) is 1.23. The van der Waals surface area contributed by atoms with Crippen LogP contribution in [-0.2, 0) is 0 Å². The first kappa shape index (κ1) is 17.0. The minimum atomic E-state index is 0.183. The van der Waals surface area contributed by atoms with E-state index < -0.39 is 0 Å². The molecule has 20 heavy (non-hydrogen) atoms. The zero-order valence-corrected chi connectivity index (χ0v) is 13.6. The van der Waals surface area contributed by atoms with Crippen molar-refractivity contribution in [2.45, 2.75) is 66.0 Å². The van der Waals surface area contributed by atoms with Gasteiger partial charge < -0.3 is 10.1 Å². The van der Waals surface area contributed by atoms with Gasteiger partial charge in [0.2, 0.25) is 0 Å². The highest BCUT2D eigenvalue weighted by Crippen LogP contribution is 2.27. The maximum atomic E-state index is 5.76. The highest BCUT2D eigenvalue weighted by molar-refractivity contribution is 5.26. The van der Waals surface area contributed by atoms with Gasteiger partial charge in [-0.3, -0.25) is 4.98 Å². The zero-order valence-electron chi connectivity index (χ0n) is 13.6. The van der Waals surface area contributed by atoms with Crippen molar-refractivity contribution in [2.24, 2.45) is 5.92 Å². The van der Waals surface area contributed by atoms with Crippen molar-refractivity contribution in [3.63, 3.8) is 0 Å². The normalized spacial score (nSPS) is 14.3. The molecule has 1 aromatic heterocycles. The Balaban J connectivity index is 2.88. The topological polar surface area (TPSA) is 34.2 Å². The van der Waals surface area contributed by atoms with Crippen LogP contribution in [0.3, 0.4) is 0 Å². The summed E-state index contributed by atoms with van der Waals surface area (Å²) in [6.45, 7) is 11.9. The smallest absolute Gasteiger partial charge is 0.138 e. The van der Waals surface area contributed by atoms with Gasteiger partial charge >= 0.3 is 0 Å². The van der Waals surface area contributed by atoms with E-state index in [4.69, 9.17) is 4.74 Å². The van der Waals surface area contributed by atoms with E-state index in [2.05, 4.69) is 37.1 Å². The number of rotatable bonds is 9. The number of aromatic nitrogens is 1. The van der Waals surface area contributed by atoms with Gasteiger partial charge in [0, 0.05) is 12.2 Å². The van der Waals surface area contributed by atoms with Crippen molar-refractivity contribution in [3.8, 4) is 5.75 Å². The minimum Gasteiger partial charge on any atom is -0.489 e. The molecule has 2 unspecified atom stereocenters. The van der Waals surface area contributed by atoms with Crippen LogP contribution in [0.1, 0.15) is 65.5 Å². The first-order valence-electron chi connectivity index (χ1n) is 7.93. The van der Waals surface area contributed by atoms with Crippen LogP contribution >= 0.6 is 0 Å². The Labute approximate surface area is 124 Å². The first-order chi connectivity index (χ1) is 9.58. The number of hydrogen-bond acceptors (Lipinski definition) is 3. The molecule has 0 aromatic carbocycles. The molecule has 0 spiro atoms. The number of ether oxygens (including phenoxy) is 1. The lowest BCUT2D eigenvalue weighted by molar-refractivity contribution is 0.240. The largest absolute Gasteiger partial charge is 0.489 e. The summed E-state index contributed by atoms with van der Waals surface area (Å²) in [6, 6.07) is 2.49. The average molecular weight is 278 g/mol. The van der Waals surface area contributed by atoms with Crippen LogP contribution in [0.15, 0.2) is 18.5 Å². The summed E-state index contributed by atoms with van der Waals surface area (Å²) in [7, 11) is 0. The lowest BCUT2D eigenvalue weighted by atomic mass is 9.91. The van der Waals surface area contributed by atoms with Gasteiger partial charge in [-0.15, -0.1) is 0 Å². The molecule has 0 saturated heterocycles. The molecule has 3 nitrogen and oxygen atoms in total. The Morgan fingerprint density at radius 2 is 1.90 bits per heavy atom. The van der Waals surface area contributed by atoms with Crippen LogP contribution in [0.25, 0.3) is 0 Å². The predicted molar refractivity (Wildman–Crippen MR) is 85.1 cm³/mol. The summed E-state index contributed by atoms with van der Waals surface area (Å²) in [5, 5.41) is 3.66. The third-order valence-electron chi connectivity index (χ3n) is 3.39. The van der Waals surface area contributed by atoms with Gasteiger partial charge in [-0.2, -0.15) is 0 Å². The van der Waals surface area contributed by atoms with Crippen molar-refractivity contribution in [2.75, 3.05) is 6.54 Å². The fourth-order valence-corrected chi connectivity index (χ4v) is 2.51. The predicted octanol–water partition coefficient (Wildman–Crippen LogP) is 4.35. The standard InChI is InChI=1S/C17H30N2O/c1-6-8-14(5)17(19-9-7-2)15-10-16(12-18-11-15)20-13(3)4/h10-14,17,19H,6-9H2,1-5H3. The molecule has 0 amide bonds. The summed E-state index contributed by atoms with van der Waals surface area (Å²) in [5.74, 6) is 1.46. The third-order valence-corrected chi connectivity index (χ3v) is 3.39. The fraction of sp³-hybridized carbons (Fsp3) is 0.706. The average Bonchev–Trinajstić information content (AvgIpc) is 2.39. The third kappa shape index (κ3) is 5.49. The lowest BCUT2D eigenvalue weighted by Gasteiger charge is -2.25. The molecule has 0 aliphatic carbocycles. The molecule has 0 fully saturated rings. The highest BCUT2D eigenvalue weighted by atomic mass is 16.5. The Bertz CT molecular complexity index is 379. The second-order valence-corrected chi connectivity index (χ2v) is 5.82. The highest BCUT2D eigenvalue weighted by Gasteiger charge is 2.19. The van der Waals surface area contributed by atoms with Gasteiger partial charge in [0.05, 0.1) is 12.3 Å². The number of nitrogens with zero attached hydrogens (tertiary/aromatic N) is 1. The van der Waals surface area contributed by atoms with Crippen molar-refractivity contribution >= 4 is 0 Å². The van der Waals surface area contributed by atoms with Crippen LogP contribution in [0.2, 0.25) is 0 Å². The van der Waals surface area contributed by atoms with Gasteiger partial charge in [-0.05, 0) is 50.8 Å². The van der Waals surface area contributed by atoms with E-state index in [9.17, 15) is 0 Å². The summed E-state index contributed by atoms with van der Waals surface area (Å²) in [4.78, 5) is 4.34. The van der Waals surface area contributed by atoms with E-state index in [1.54, 1.807) is 6.20 Å². The Morgan fingerprint density at radius 1 is 1.15 bits per heavy atom. The molecule has 0 bridgehead atoms. The van der Waals surface area contributed by atoms with Crippen LogP contribution in [-0.4, -0.2) is 17.6 Å². The minimum absolute atomic E-state index is 0.183. The molecule has 0 radical (unpaired) electrons. The Kier molecular flexibility index (Phi) is 7.60. The summed E-state index contributed by atoms with van der Waals surface area (Å²) in [6.07, 6.45) is 7.52. The molecule has 1 N–H and O–H groups in total. The van der Waals surface area contributed by atoms with Crippen LogP contribution in [0.5, 0.6) is 5.75 Å². The van der Waals surface area contributed by atoms with Gasteiger partial charge in [0.1, 0.15) is 5.75 Å². The van der Waals surface area contributed by atoms with Crippen LogP contribution in [0.4, 0.5) is 0 Å². The molecule has 2 atom stereocenters. The summed E-state index contributed by atoms with van der Waals surface area (Å²) >= 11 is 0. The Hall–Kier alpha value is -1.09. The molecule has 1 heterocycles. The quantitative estimate of drug-likeness (QED) is 0.729. The van der Waals surface area contributed by atoms with Crippen molar-refractivity contribution < 1.29 is 4.74 Å². The second-order valence-electron chi connectivity index (χ2n) is 5.82. The van der Waals surface area contributed by atoms with E-state index in [1.807, 2.05) is 20.0 Å². The Morgan fingerprint density at radius 3 is 2.50 bits per heavy atom. The van der Waals surface area contributed by atoms with Crippen molar-refractivity contribution in [3.05, 3.63) is 24.0 Å². The molecule has 1 rings (SSSR count). The van der Waals surface area contributed by atoms with E-state index in [1.165, 1.54) is 18.4 Å². The van der Waals surface area contributed by atoms with Crippen LogP contribution < -0.4 is 10.1 Å². The lowest BCUT2D eigenvalue weighted by Crippen LogP contribution is -2.28. The number of hydrogen-bond donors (Lipinski definition) is 1. The number of nitrogens with one attached hydrogen (secondary N) is 1. The summed E-state index contributed by atoms with van der Waals surface area (Å²) < 4.78 is 5.76. The fourth-order valence-electron chi connectivity index (χ4n) is 2.51. The van der Waals surface area contributed by atoms with E-state index >= 15 is 0 Å². The zero-order chi connectivity index (χ0) is 15.0. The second kappa shape index (κ2) is 8.96. The van der Waals surface area contributed by atoms with Gasteiger partial charge in [0.25, 0.3) is 0 Å². The molecule has 114 valence electrons. The number of pyridine rings is 1.